The van der Waals surface area contributed by atoms with Crippen molar-refractivity contribution in [2.24, 2.45) is 0 Å². The van der Waals surface area contributed by atoms with Crippen LogP contribution in [-0.2, 0) is 6.42 Å². The Kier molecular flexibility index (Phi) is 6.52. The largest absolute Gasteiger partial charge is 0.385 e. The first-order valence-electron chi connectivity index (χ1n) is 13.4. The van der Waals surface area contributed by atoms with Gasteiger partial charge in [-0.2, -0.15) is 0 Å². The maximum absolute atomic E-state index is 14.0. The number of pyridine rings is 1. The van der Waals surface area contributed by atoms with Gasteiger partial charge < -0.3 is 16.4 Å². The molecular formula is C29H34FN7S. The smallest absolute Gasteiger partial charge is 0.182 e. The molecule has 4 aromatic rings. The van der Waals surface area contributed by atoms with Gasteiger partial charge in [-0.15, -0.1) is 0 Å². The van der Waals surface area contributed by atoms with Gasteiger partial charge in [0.15, 0.2) is 5.13 Å². The number of benzene rings is 1. The fourth-order valence-electron chi connectivity index (χ4n) is 6.11. The quantitative estimate of drug-likeness (QED) is 0.297. The zero-order valence-electron chi connectivity index (χ0n) is 22.3. The minimum absolute atomic E-state index is 0.129. The molecule has 0 saturated carbocycles. The standard InChI is InChI=1S/C29H34FN7S/c1-14(2)24-16(4)35-27(22-11-21(30)13-33-22)37-26(24)17-5-6-32-25-15(3)7-18(9-19(25)8-17)20-10-23-28(34-12-20)38-29(31)36-23/h7,9-10,12,14,17,21-22,32-33H,5-6,8,11,13H2,1-4H3,(H2,31,36)/t17?,21-,22+/m1/s1. The molecule has 1 unspecified atom stereocenters. The number of hydrogen-bond donors (Lipinski definition) is 3. The molecule has 198 valence electrons. The van der Waals surface area contributed by atoms with E-state index < -0.39 is 6.17 Å². The molecule has 3 atom stereocenters. The molecule has 2 aliphatic rings. The number of hydrogen-bond acceptors (Lipinski definition) is 8. The van der Waals surface area contributed by atoms with Gasteiger partial charge in [-0.05, 0) is 73.1 Å². The minimum atomic E-state index is -0.845. The first kappa shape index (κ1) is 25.1. The van der Waals surface area contributed by atoms with Crippen molar-refractivity contribution in [3.8, 4) is 11.1 Å². The second-order valence-corrected chi connectivity index (χ2v) is 12.0. The maximum Gasteiger partial charge on any atom is 0.182 e. The fourth-order valence-corrected chi connectivity index (χ4v) is 6.76. The molecule has 38 heavy (non-hydrogen) atoms. The third-order valence-corrected chi connectivity index (χ3v) is 8.62. The molecule has 9 heteroatoms. The number of aryl methyl sites for hydroxylation is 2. The van der Waals surface area contributed by atoms with Gasteiger partial charge in [0.2, 0.25) is 0 Å². The minimum Gasteiger partial charge on any atom is -0.385 e. The molecule has 7 nitrogen and oxygen atoms in total. The van der Waals surface area contributed by atoms with E-state index in [0.717, 1.165) is 58.1 Å². The molecule has 0 spiro atoms. The Bertz CT molecular complexity index is 1510. The summed E-state index contributed by atoms with van der Waals surface area (Å²) in [5.41, 5.74) is 15.9. The van der Waals surface area contributed by atoms with E-state index in [2.05, 4.69) is 66.5 Å². The highest BCUT2D eigenvalue weighted by Crippen LogP contribution is 2.39. The molecule has 3 aromatic heterocycles. The summed E-state index contributed by atoms with van der Waals surface area (Å²) < 4.78 is 14.0. The van der Waals surface area contributed by atoms with Gasteiger partial charge in [0.25, 0.3) is 0 Å². The number of thiazole rings is 1. The summed E-state index contributed by atoms with van der Waals surface area (Å²) in [7, 11) is 0. The SMILES string of the molecule is Cc1cc(-c2cnc3sc(N)nc3c2)cc2c1NCCC(c1nc([C@@H]3C[C@@H](F)CN3)nc(C)c1C(C)C)C2. The van der Waals surface area contributed by atoms with Crippen molar-refractivity contribution in [3.05, 3.63) is 58.3 Å². The van der Waals surface area contributed by atoms with Crippen LogP contribution in [0.2, 0.25) is 0 Å². The zero-order valence-corrected chi connectivity index (χ0v) is 23.1. The lowest BCUT2D eigenvalue weighted by Crippen LogP contribution is -2.21. The van der Waals surface area contributed by atoms with E-state index in [9.17, 15) is 4.39 Å². The first-order chi connectivity index (χ1) is 18.3. The highest BCUT2D eigenvalue weighted by molar-refractivity contribution is 7.21. The van der Waals surface area contributed by atoms with Crippen LogP contribution in [0.4, 0.5) is 15.2 Å². The predicted octanol–water partition coefficient (Wildman–Crippen LogP) is 5.99. The second-order valence-electron chi connectivity index (χ2n) is 11.0. The lowest BCUT2D eigenvalue weighted by molar-refractivity contribution is 0.354. The van der Waals surface area contributed by atoms with Crippen LogP contribution in [-0.4, -0.2) is 39.2 Å². The van der Waals surface area contributed by atoms with Gasteiger partial charge in [0.1, 0.15) is 22.3 Å². The number of rotatable bonds is 4. The van der Waals surface area contributed by atoms with Crippen molar-refractivity contribution in [1.29, 1.82) is 0 Å². The number of aromatic nitrogens is 4. The number of anilines is 2. The fraction of sp³-hybridized carbons (Fsp3) is 0.448. The Labute approximate surface area is 226 Å². The van der Waals surface area contributed by atoms with E-state index in [1.165, 1.54) is 33.7 Å². The summed E-state index contributed by atoms with van der Waals surface area (Å²) in [5, 5.41) is 7.50. The molecule has 4 N–H and O–H groups in total. The third kappa shape index (κ3) is 4.62. The van der Waals surface area contributed by atoms with Crippen LogP contribution in [0.3, 0.4) is 0 Å². The Morgan fingerprint density at radius 3 is 2.71 bits per heavy atom. The molecule has 0 radical (unpaired) electrons. The number of alkyl halides is 1. The first-order valence-corrected chi connectivity index (χ1v) is 14.2. The number of fused-ring (bicyclic) bond motifs is 2. The number of nitrogen functional groups attached to an aromatic ring is 1. The Morgan fingerprint density at radius 1 is 1.11 bits per heavy atom. The molecular weight excluding hydrogens is 497 g/mol. The van der Waals surface area contributed by atoms with Gasteiger partial charge in [-0.25, -0.2) is 24.3 Å². The summed E-state index contributed by atoms with van der Waals surface area (Å²) in [6.45, 7) is 9.89. The molecule has 0 amide bonds. The molecule has 2 aliphatic heterocycles. The Morgan fingerprint density at radius 2 is 1.95 bits per heavy atom. The molecule has 6 rings (SSSR count). The molecule has 0 bridgehead atoms. The summed E-state index contributed by atoms with van der Waals surface area (Å²) in [5.74, 6) is 1.26. The van der Waals surface area contributed by atoms with Crippen molar-refractivity contribution < 1.29 is 4.39 Å². The van der Waals surface area contributed by atoms with Crippen molar-refractivity contribution in [3.63, 3.8) is 0 Å². The van der Waals surface area contributed by atoms with E-state index in [1.807, 2.05) is 6.20 Å². The van der Waals surface area contributed by atoms with Gasteiger partial charge >= 0.3 is 0 Å². The summed E-state index contributed by atoms with van der Waals surface area (Å²) in [4.78, 5) is 19.9. The van der Waals surface area contributed by atoms with E-state index in [-0.39, 0.29) is 12.0 Å². The monoisotopic (exact) mass is 531 g/mol. The highest BCUT2D eigenvalue weighted by atomic mass is 32.1. The molecule has 1 saturated heterocycles. The Hall–Kier alpha value is -3.17. The third-order valence-electron chi connectivity index (χ3n) is 7.81. The number of nitrogens with zero attached hydrogens (tertiary/aromatic N) is 4. The van der Waals surface area contributed by atoms with Gasteiger partial charge in [0, 0.05) is 48.6 Å². The van der Waals surface area contributed by atoms with Crippen LogP contribution in [0.25, 0.3) is 21.5 Å². The van der Waals surface area contributed by atoms with E-state index in [0.29, 0.717) is 24.0 Å². The predicted molar refractivity (Wildman–Crippen MR) is 153 cm³/mol. The topological polar surface area (TPSA) is 102 Å². The average Bonchev–Trinajstić information content (AvgIpc) is 3.40. The second kappa shape index (κ2) is 9.85. The molecule has 1 aromatic carbocycles. The van der Waals surface area contributed by atoms with E-state index in [4.69, 9.17) is 15.7 Å². The van der Waals surface area contributed by atoms with Crippen LogP contribution in [0.1, 0.15) is 78.5 Å². The van der Waals surface area contributed by atoms with Crippen LogP contribution >= 0.6 is 11.3 Å². The van der Waals surface area contributed by atoms with Gasteiger partial charge in [-0.1, -0.05) is 25.2 Å². The zero-order chi connectivity index (χ0) is 26.6. The van der Waals surface area contributed by atoms with Crippen LogP contribution in [0.15, 0.2) is 24.4 Å². The Balaban J connectivity index is 1.40. The molecule has 0 aliphatic carbocycles. The lowest BCUT2D eigenvalue weighted by atomic mass is 9.85. The molecule has 5 heterocycles. The van der Waals surface area contributed by atoms with Crippen LogP contribution < -0.4 is 16.4 Å². The summed E-state index contributed by atoms with van der Waals surface area (Å²) >= 11 is 1.41. The van der Waals surface area contributed by atoms with E-state index in [1.54, 1.807) is 0 Å². The van der Waals surface area contributed by atoms with Crippen LogP contribution in [0, 0.1) is 13.8 Å². The van der Waals surface area contributed by atoms with E-state index >= 15 is 0 Å². The van der Waals surface area contributed by atoms with Crippen LogP contribution in [0.5, 0.6) is 0 Å². The summed E-state index contributed by atoms with van der Waals surface area (Å²) in [6, 6.07) is 6.44. The number of nitrogens with one attached hydrogen (secondary N) is 2. The average molecular weight is 532 g/mol. The molecule has 1 fully saturated rings. The number of nitrogens with two attached hydrogens (primary N) is 1. The highest BCUT2D eigenvalue weighted by Gasteiger charge is 2.31. The normalized spacial score (nSPS) is 21.5. The summed E-state index contributed by atoms with van der Waals surface area (Å²) in [6.07, 6.45) is 3.33. The van der Waals surface area contributed by atoms with Gasteiger partial charge in [0.05, 0.1) is 11.7 Å². The van der Waals surface area contributed by atoms with Crippen molar-refractivity contribution >= 4 is 32.5 Å². The van der Waals surface area contributed by atoms with Crippen molar-refractivity contribution in [1.82, 2.24) is 25.3 Å². The lowest BCUT2D eigenvalue weighted by Gasteiger charge is -2.24. The van der Waals surface area contributed by atoms with Gasteiger partial charge in [-0.3, -0.25) is 0 Å². The number of halogens is 1. The van der Waals surface area contributed by atoms with Crippen molar-refractivity contribution in [2.45, 2.75) is 71.0 Å². The van der Waals surface area contributed by atoms with Crippen molar-refractivity contribution in [2.75, 3.05) is 24.1 Å². The maximum atomic E-state index is 14.0.